The van der Waals surface area contributed by atoms with Crippen molar-refractivity contribution in [3.05, 3.63) is 41.5 Å². The quantitative estimate of drug-likeness (QED) is 0.749. The van der Waals surface area contributed by atoms with Crippen molar-refractivity contribution >= 4 is 0 Å². The molecule has 1 aliphatic carbocycles. The average Bonchev–Trinajstić information content (AvgIpc) is 2.36. The molecule has 1 aromatic carbocycles. The normalized spacial score (nSPS) is 32.1. The third-order valence-electron chi connectivity index (χ3n) is 4.07. The molecule has 0 spiro atoms. The minimum atomic E-state index is 0.0315. The Labute approximate surface area is 102 Å². The van der Waals surface area contributed by atoms with Gasteiger partial charge >= 0.3 is 0 Å². The van der Waals surface area contributed by atoms with E-state index in [2.05, 4.69) is 13.0 Å². The molecule has 17 heavy (non-hydrogen) atoms. The van der Waals surface area contributed by atoms with E-state index in [1.54, 1.807) is 6.07 Å². The maximum Gasteiger partial charge on any atom is 0.121 e. The summed E-state index contributed by atoms with van der Waals surface area (Å²) in [6, 6.07) is 7.54. The van der Waals surface area contributed by atoms with E-state index < -0.39 is 0 Å². The van der Waals surface area contributed by atoms with E-state index in [4.69, 9.17) is 4.74 Å². The first-order valence-corrected chi connectivity index (χ1v) is 6.32. The molecule has 2 bridgehead atoms. The van der Waals surface area contributed by atoms with E-state index in [-0.39, 0.29) is 6.10 Å². The predicted molar refractivity (Wildman–Crippen MR) is 66.8 cm³/mol. The number of hydrogen-bond acceptors (Lipinski definition) is 2. The molecule has 1 aromatic rings. The molecule has 3 rings (SSSR count). The Hall–Kier alpha value is -1.28. The molecule has 90 valence electrons. The van der Waals surface area contributed by atoms with Crippen molar-refractivity contribution in [2.24, 2.45) is 11.8 Å². The van der Waals surface area contributed by atoms with Gasteiger partial charge in [0.25, 0.3) is 0 Å². The number of hydrogen-bond donors (Lipinski definition) is 1. The second-order valence-electron chi connectivity index (χ2n) is 5.20. The monoisotopic (exact) mass is 230 g/mol. The van der Waals surface area contributed by atoms with Crippen molar-refractivity contribution in [1.29, 1.82) is 0 Å². The van der Waals surface area contributed by atoms with Gasteiger partial charge in [0, 0.05) is 11.5 Å². The van der Waals surface area contributed by atoms with Crippen molar-refractivity contribution < 1.29 is 9.84 Å². The Morgan fingerprint density at radius 3 is 2.94 bits per heavy atom. The summed E-state index contributed by atoms with van der Waals surface area (Å²) >= 11 is 0. The second-order valence-corrected chi connectivity index (χ2v) is 5.20. The molecule has 1 saturated heterocycles. The number of benzene rings is 1. The van der Waals surface area contributed by atoms with Crippen LogP contribution in [0.15, 0.2) is 35.9 Å². The van der Waals surface area contributed by atoms with Crippen molar-refractivity contribution in [3.8, 4) is 5.75 Å². The largest absolute Gasteiger partial charge is 0.508 e. The van der Waals surface area contributed by atoms with Crippen LogP contribution in [0, 0.1) is 11.8 Å². The van der Waals surface area contributed by atoms with Gasteiger partial charge in [-0.2, -0.15) is 0 Å². The van der Waals surface area contributed by atoms with E-state index in [9.17, 15) is 5.11 Å². The van der Waals surface area contributed by atoms with Gasteiger partial charge in [-0.05, 0) is 31.7 Å². The van der Waals surface area contributed by atoms with Crippen molar-refractivity contribution in [2.75, 3.05) is 6.61 Å². The number of allylic oxidation sites excluding steroid dienone is 1. The van der Waals surface area contributed by atoms with Crippen LogP contribution in [0.5, 0.6) is 5.75 Å². The van der Waals surface area contributed by atoms with Gasteiger partial charge in [-0.25, -0.2) is 0 Å². The standard InChI is InChI=1S/C15H18O2/c1-10-6-7-11-8-13(10)15(17-9-11)12-4-2-3-5-14(12)16/h2-6,11,13,15-16H,7-9H2,1H3/t11-,13-,15-/m0/s1. The highest BCUT2D eigenvalue weighted by Crippen LogP contribution is 2.45. The number of aromatic hydroxyl groups is 1. The summed E-state index contributed by atoms with van der Waals surface area (Å²) in [5, 5.41) is 9.95. The van der Waals surface area contributed by atoms with Gasteiger partial charge in [-0.3, -0.25) is 0 Å². The third-order valence-corrected chi connectivity index (χ3v) is 4.07. The number of phenolic OH excluding ortho intramolecular Hbond substituents is 1. The lowest BCUT2D eigenvalue weighted by Gasteiger charge is -2.40. The second kappa shape index (κ2) is 4.19. The van der Waals surface area contributed by atoms with E-state index in [1.807, 2.05) is 18.2 Å². The maximum absolute atomic E-state index is 9.95. The molecule has 2 nitrogen and oxygen atoms in total. The molecule has 2 heteroatoms. The van der Waals surface area contributed by atoms with E-state index in [1.165, 1.54) is 12.0 Å². The molecule has 0 unspecified atom stereocenters. The van der Waals surface area contributed by atoms with Gasteiger partial charge in [-0.1, -0.05) is 29.8 Å². The summed E-state index contributed by atoms with van der Waals surface area (Å²) in [6.07, 6.45) is 4.72. The fraction of sp³-hybridized carbons (Fsp3) is 0.467. The van der Waals surface area contributed by atoms with Crippen LogP contribution in [-0.4, -0.2) is 11.7 Å². The molecule has 3 atom stereocenters. The van der Waals surface area contributed by atoms with Gasteiger partial charge in [0.05, 0.1) is 12.7 Å². The summed E-state index contributed by atoms with van der Waals surface area (Å²) in [5.41, 5.74) is 2.35. The highest BCUT2D eigenvalue weighted by atomic mass is 16.5. The van der Waals surface area contributed by atoms with Crippen LogP contribution in [0.3, 0.4) is 0 Å². The lowest BCUT2D eigenvalue weighted by atomic mass is 9.75. The Morgan fingerprint density at radius 2 is 2.12 bits per heavy atom. The highest BCUT2D eigenvalue weighted by molar-refractivity contribution is 5.36. The predicted octanol–water partition coefficient (Wildman–Crippen LogP) is 3.44. The van der Waals surface area contributed by atoms with E-state index >= 15 is 0 Å². The molecule has 1 heterocycles. The Balaban J connectivity index is 1.96. The van der Waals surface area contributed by atoms with E-state index in [0.29, 0.717) is 17.6 Å². The molecule has 1 fully saturated rings. The smallest absolute Gasteiger partial charge is 0.121 e. The molecular formula is C15H18O2. The topological polar surface area (TPSA) is 29.5 Å². The summed E-state index contributed by atoms with van der Waals surface area (Å²) in [7, 11) is 0. The first-order chi connectivity index (χ1) is 8.25. The van der Waals surface area contributed by atoms with Gasteiger partial charge in [-0.15, -0.1) is 0 Å². The molecule has 0 saturated carbocycles. The van der Waals surface area contributed by atoms with Gasteiger partial charge in [0.2, 0.25) is 0 Å². The molecule has 2 aliphatic rings. The van der Waals surface area contributed by atoms with Crippen LogP contribution >= 0.6 is 0 Å². The molecule has 1 aliphatic heterocycles. The molecule has 0 aromatic heterocycles. The number of ether oxygens (including phenoxy) is 1. The number of rotatable bonds is 1. The molecule has 0 radical (unpaired) electrons. The molecule has 0 amide bonds. The SMILES string of the molecule is CC1=CC[C@@H]2CO[C@@H](c3ccccc3O)[C@H]1C2. The van der Waals surface area contributed by atoms with Gasteiger partial charge in [0.15, 0.2) is 0 Å². The number of fused-ring (bicyclic) bond motifs is 2. The van der Waals surface area contributed by atoms with Crippen LogP contribution < -0.4 is 0 Å². The lowest BCUT2D eigenvalue weighted by Crippen LogP contribution is -2.32. The minimum Gasteiger partial charge on any atom is -0.508 e. The fourth-order valence-corrected chi connectivity index (χ4v) is 3.03. The van der Waals surface area contributed by atoms with Gasteiger partial charge in [0.1, 0.15) is 5.75 Å². The van der Waals surface area contributed by atoms with E-state index in [0.717, 1.165) is 18.6 Å². The first-order valence-electron chi connectivity index (χ1n) is 6.32. The first kappa shape index (κ1) is 10.8. The van der Waals surface area contributed by atoms with Crippen LogP contribution in [0.4, 0.5) is 0 Å². The Kier molecular flexibility index (Phi) is 2.67. The zero-order valence-electron chi connectivity index (χ0n) is 10.1. The number of para-hydroxylation sites is 1. The maximum atomic E-state index is 9.95. The average molecular weight is 230 g/mol. The Morgan fingerprint density at radius 1 is 1.29 bits per heavy atom. The van der Waals surface area contributed by atoms with Crippen LogP contribution in [-0.2, 0) is 4.74 Å². The lowest BCUT2D eigenvalue weighted by molar-refractivity contribution is -0.0521. The van der Waals surface area contributed by atoms with Gasteiger partial charge < -0.3 is 9.84 Å². The summed E-state index contributed by atoms with van der Waals surface area (Å²) in [6.45, 7) is 3.00. The summed E-state index contributed by atoms with van der Waals surface area (Å²) < 4.78 is 5.98. The van der Waals surface area contributed by atoms with Crippen LogP contribution in [0.1, 0.15) is 31.4 Å². The van der Waals surface area contributed by atoms with Crippen molar-refractivity contribution in [3.63, 3.8) is 0 Å². The van der Waals surface area contributed by atoms with Crippen molar-refractivity contribution in [1.82, 2.24) is 0 Å². The summed E-state index contributed by atoms with van der Waals surface area (Å²) in [5.74, 6) is 1.47. The highest BCUT2D eigenvalue weighted by Gasteiger charge is 2.36. The zero-order valence-corrected chi connectivity index (χ0v) is 10.1. The minimum absolute atomic E-state index is 0.0315. The van der Waals surface area contributed by atoms with Crippen LogP contribution in [0.2, 0.25) is 0 Å². The Bertz CT molecular complexity index is 450. The molecular weight excluding hydrogens is 212 g/mol. The number of phenols is 1. The summed E-state index contributed by atoms with van der Waals surface area (Å²) in [4.78, 5) is 0. The zero-order chi connectivity index (χ0) is 11.8. The third kappa shape index (κ3) is 1.87. The fourth-order valence-electron chi connectivity index (χ4n) is 3.03. The molecule has 1 N–H and O–H groups in total. The van der Waals surface area contributed by atoms with Crippen molar-refractivity contribution in [2.45, 2.75) is 25.9 Å². The van der Waals surface area contributed by atoms with Crippen LogP contribution in [0.25, 0.3) is 0 Å².